The van der Waals surface area contributed by atoms with Crippen LogP contribution >= 0.6 is 0 Å². The molecule has 21 heavy (non-hydrogen) atoms. The van der Waals surface area contributed by atoms with Gasteiger partial charge in [-0.05, 0) is 25.2 Å². The summed E-state index contributed by atoms with van der Waals surface area (Å²) in [7, 11) is -4.05. The second-order valence-electron chi connectivity index (χ2n) is 6.12. The molecule has 124 valence electrons. The van der Waals surface area contributed by atoms with Gasteiger partial charge in [-0.3, -0.25) is 4.79 Å². The van der Waals surface area contributed by atoms with Gasteiger partial charge >= 0.3 is 5.97 Å². The highest BCUT2D eigenvalue weighted by Crippen LogP contribution is 2.39. The summed E-state index contributed by atoms with van der Waals surface area (Å²) in [5.41, 5.74) is 0. The van der Waals surface area contributed by atoms with Crippen LogP contribution < -0.4 is 4.72 Å². The molecule has 0 aromatic heterocycles. The van der Waals surface area contributed by atoms with E-state index in [9.17, 15) is 22.0 Å². The van der Waals surface area contributed by atoms with Crippen LogP contribution in [0.5, 0.6) is 0 Å². The maximum absolute atomic E-state index is 13.7. The van der Waals surface area contributed by atoms with E-state index in [1.165, 1.54) is 0 Å². The van der Waals surface area contributed by atoms with E-state index in [0.717, 1.165) is 0 Å². The smallest absolute Gasteiger partial charge is 0.321 e. The number of alkyl halides is 2. The van der Waals surface area contributed by atoms with Gasteiger partial charge in [0.05, 0.1) is 5.75 Å². The fourth-order valence-corrected chi connectivity index (χ4v) is 4.24. The summed E-state index contributed by atoms with van der Waals surface area (Å²) >= 11 is 0. The maximum atomic E-state index is 13.7. The lowest BCUT2D eigenvalue weighted by Gasteiger charge is -2.31. The van der Waals surface area contributed by atoms with E-state index in [1.807, 2.05) is 4.72 Å². The number of sulfonamides is 1. The van der Waals surface area contributed by atoms with Gasteiger partial charge in [0.25, 0.3) is 5.92 Å². The Kier molecular flexibility index (Phi) is 6.10. The molecule has 1 aliphatic carbocycles. The van der Waals surface area contributed by atoms with E-state index in [-0.39, 0.29) is 25.2 Å². The molecule has 2 atom stereocenters. The van der Waals surface area contributed by atoms with Gasteiger partial charge in [-0.1, -0.05) is 20.3 Å². The van der Waals surface area contributed by atoms with Crippen molar-refractivity contribution in [3.63, 3.8) is 0 Å². The molecule has 0 bridgehead atoms. The summed E-state index contributed by atoms with van der Waals surface area (Å²) < 4.78 is 53.4. The van der Waals surface area contributed by atoms with E-state index in [0.29, 0.717) is 12.8 Å². The lowest BCUT2D eigenvalue weighted by molar-refractivity contribution is -0.139. The largest absolute Gasteiger partial charge is 0.480 e. The molecule has 0 spiro atoms. The van der Waals surface area contributed by atoms with Gasteiger partial charge in [-0.2, -0.15) is 0 Å². The lowest BCUT2D eigenvalue weighted by atomic mass is 9.87. The molecule has 1 fully saturated rings. The third-order valence-electron chi connectivity index (χ3n) is 3.66. The van der Waals surface area contributed by atoms with Crippen molar-refractivity contribution in [1.82, 2.24) is 4.72 Å². The molecule has 0 aliphatic heterocycles. The number of carboxylic acids is 1. The van der Waals surface area contributed by atoms with Gasteiger partial charge < -0.3 is 5.11 Å². The molecule has 1 unspecified atom stereocenters. The van der Waals surface area contributed by atoms with Crippen molar-refractivity contribution >= 4 is 16.0 Å². The Morgan fingerprint density at radius 3 is 2.48 bits per heavy atom. The summed E-state index contributed by atoms with van der Waals surface area (Å²) in [4.78, 5) is 11.1. The van der Waals surface area contributed by atoms with Crippen molar-refractivity contribution in [2.75, 3.05) is 5.75 Å². The average Bonchev–Trinajstić information content (AvgIpc) is 2.29. The average molecular weight is 327 g/mol. The monoisotopic (exact) mass is 327 g/mol. The molecular formula is C13H23F2NO4S. The molecule has 0 aromatic rings. The normalized spacial score (nSPS) is 24.0. The molecule has 0 aromatic carbocycles. The summed E-state index contributed by atoms with van der Waals surface area (Å²) in [5, 5.41) is 9.02. The number of hydrogen-bond donors (Lipinski definition) is 2. The molecule has 0 amide bonds. The Morgan fingerprint density at radius 1 is 1.38 bits per heavy atom. The highest BCUT2D eigenvalue weighted by Gasteiger charge is 2.44. The van der Waals surface area contributed by atoms with Crippen molar-refractivity contribution in [3.8, 4) is 0 Å². The Labute approximate surface area is 124 Å². The highest BCUT2D eigenvalue weighted by molar-refractivity contribution is 7.89. The predicted molar refractivity (Wildman–Crippen MR) is 74.7 cm³/mol. The first kappa shape index (κ1) is 18.3. The van der Waals surface area contributed by atoms with Crippen LogP contribution in [0.4, 0.5) is 8.78 Å². The van der Waals surface area contributed by atoms with E-state index < -0.39 is 39.6 Å². The van der Waals surface area contributed by atoms with Crippen LogP contribution in [0.2, 0.25) is 0 Å². The van der Waals surface area contributed by atoms with E-state index in [4.69, 9.17) is 5.11 Å². The van der Waals surface area contributed by atoms with E-state index in [2.05, 4.69) is 0 Å². The van der Waals surface area contributed by atoms with Gasteiger partial charge in [0.2, 0.25) is 10.0 Å². The quantitative estimate of drug-likeness (QED) is 0.751. The zero-order chi connectivity index (χ0) is 16.3. The second kappa shape index (κ2) is 7.00. The highest BCUT2D eigenvalue weighted by atomic mass is 32.2. The SMILES string of the molecule is CC(C)C[C@H](NS(=O)(=O)CC1CCCCC1(F)F)C(=O)O. The first-order chi connectivity index (χ1) is 9.53. The van der Waals surface area contributed by atoms with Crippen LogP contribution in [0.15, 0.2) is 0 Å². The Hall–Kier alpha value is -0.760. The Morgan fingerprint density at radius 2 is 2.00 bits per heavy atom. The van der Waals surface area contributed by atoms with E-state index >= 15 is 0 Å². The molecule has 1 aliphatic rings. The van der Waals surface area contributed by atoms with E-state index in [1.54, 1.807) is 13.8 Å². The Bertz CT molecular complexity index is 465. The topological polar surface area (TPSA) is 83.5 Å². The predicted octanol–water partition coefficient (Wildman–Crippen LogP) is 2.23. The minimum Gasteiger partial charge on any atom is -0.480 e. The number of rotatable bonds is 7. The molecule has 5 nitrogen and oxygen atoms in total. The minimum absolute atomic E-state index is 0.0232. The first-order valence-electron chi connectivity index (χ1n) is 7.14. The summed E-state index contributed by atoms with van der Waals surface area (Å²) in [6.07, 6.45) is 0.930. The van der Waals surface area contributed by atoms with Crippen molar-refractivity contribution in [1.29, 1.82) is 0 Å². The van der Waals surface area contributed by atoms with Crippen LogP contribution in [0.25, 0.3) is 0 Å². The molecule has 1 rings (SSSR count). The Balaban J connectivity index is 2.73. The van der Waals surface area contributed by atoms with Gasteiger partial charge in [-0.15, -0.1) is 0 Å². The maximum Gasteiger partial charge on any atom is 0.321 e. The molecule has 0 saturated heterocycles. The third kappa shape index (κ3) is 5.86. The zero-order valence-corrected chi connectivity index (χ0v) is 13.1. The molecule has 8 heteroatoms. The number of halogens is 2. The number of aliphatic carboxylic acids is 1. The van der Waals surface area contributed by atoms with Gasteiger partial charge in [0.15, 0.2) is 0 Å². The second-order valence-corrected chi connectivity index (χ2v) is 7.92. The summed E-state index contributed by atoms with van der Waals surface area (Å²) in [5.74, 6) is -6.27. The van der Waals surface area contributed by atoms with Crippen LogP contribution in [-0.4, -0.2) is 37.2 Å². The number of carbonyl (C=O) groups is 1. The van der Waals surface area contributed by atoms with Crippen LogP contribution in [-0.2, 0) is 14.8 Å². The van der Waals surface area contributed by atoms with Gasteiger partial charge in [-0.25, -0.2) is 21.9 Å². The van der Waals surface area contributed by atoms with Gasteiger partial charge in [0, 0.05) is 12.3 Å². The molecule has 0 radical (unpaired) electrons. The number of hydrogen-bond acceptors (Lipinski definition) is 3. The summed E-state index contributed by atoms with van der Waals surface area (Å²) in [6.45, 7) is 3.53. The van der Waals surface area contributed by atoms with Gasteiger partial charge in [0.1, 0.15) is 6.04 Å². The lowest BCUT2D eigenvalue weighted by Crippen LogP contribution is -2.46. The molecule has 0 heterocycles. The van der Waals surface area contributed by atoms with Crippen molar-refractivity contribution in [2.24, 2.45) is 11.8 Å². The summed E-state index contributed by atoms with van der Waals surface area (Å²) in [6, 6.07) is -1.27. The standard InChI is InChI=1S/C13H23F2NO4S/c1-9(2)7-11(12(17)18)16-21(19,20)8-10-5-3-4-6-13(10,14)15/h9-11,16H,3-8H2,1-2H3,(H,17,18)/t10?,11-/m0/s1. The third-order valence-corrected chi connectivity index (χ3v) is 5.14. The van der Waals surface area contributed by atoms with Crippen molar-refractivity contribution in [2.45, 2.75) is 57.9 Å². The number of nitrogens with one attached hydrogen (secondary N) is 1. The first-order valence-corrected chi connectivity index (χ1v) is 8.79. The molecular weight excluding hydrogens is 304 g/mol. The van der Waals surface area contributed by atoms with Crippen LogP contribution in [0.1, 0.15) is 46.0 Å². The molecule has 2 N–H and O–H groups in total. The van der Waals surface area contributed by atoms with Crippen molar-refractivity contribution < 1.29 is 27.1 Å². The number of carboxylic acid groups (broad SMARTS) is 1. The minimum atomic E-state index is -4.05. The van der Waals surface area contributed by atoms with Crippen LogP contribution in [0, 0.1) is 11.8 Å². The fraction of sp³-hybridized carbons (Fsp3) is 0.923. The fourth-order valence-electron chi connectivity index (χ4n) is 2.57. The molecule has 1 saturated carbocycles. The zero-order valence-electron chi connectivity index (χ0n) is 12.3. The van der Waals surface area contributed by atoms with Crippen molar-refractivity contribution in [3.05, 3.63) is 0 Å². The van der Waals surface area contributed by atoms with Crippen LogP contribution in [0.3, 0.4) is 0 Å².